The zero-order chi connectivity index (χ0) is 12.6. The molecule has 1 aromatic heterocycles. The first kappa shape index (κ1) is 12.3. The fourth-order valence-electron chi connectivity index (χ4n) is 2.70. The third-order valence-corrected chi connectivity index (χ3v) is 3.75. The predicted octanol–water partition coefficient (Wildman–Crippen LogP) is 1.59. The van der Waals surface area contributed by atoms with Crippen LogP contribution in [0.25, 0.3) is 0 Å². The van der Waals surface area contributed by atoms with Crippen molar-refractivity contribution in [1.29, 1.82) is 0 Å². The molecule has 0 aromatic carbocycles. The summed E-state index contributed by atoms with van der Waals surface area (Å²) in [6.07, 6.45) is 4.32. The fourth-order valence-corrected chi connectivity index (χ4v) is 2.70. The summed E-state index contributed by atoms with van der Waals surface area (Å²) in [7, 11) is 1.86. The van der Waals surface area contributed by atoms with Gasteiger partial charge in [-0.2, -0.15) is 5.10 Å². The molecule has 1 aromatic rings. The van der Waals surface area contributed by atoms with E-state index < -0.39 is 0 Å². The van der Waals surface area contributed by atoms with Crippen LogP contribution in [0.4, 0.5) is 0 Å². The lowest BCUT2D eigenvalue weighted by Crippen LogP contribution is -2.28. The van der Waals surface area contributed by atoms with E-state index in [2.05, 4.69) is 12.0 Å². The molecule has 1 fully saturated rings. The third kappa shape index (κ3) is 2.41. The van der Waals surface area contributed by atoms with Gasteiger partial charge in [-0.25, -0.2) is 0 Å². The van der Waals surface area contributed by atoms with Crippen LogP contribution in [-0.4, -0.2) is 27.8 Å². The SMILES string of the molecule is CC1OC(C)C(C(=O)Cc2cnn(C)c2)C1C. The zero-order valence-electron chi connectivity index (χ0n) is 10.9. The summed E-state index contributed by atoms with van der Waals surface area (Å²) in [5, 5.41) is 4.08. The van der Waals surface area contributed by atoms with E-state index in [9.17, 15) is 4.79 Å². The average molecular weight is 236 g/mol. The van der Waals surface area contributed by atoms with Crippen LogP contribution in [0.3, 0.4) is 0 Å². The fraction of sp³-hybridized carbons (Fsp3) is 0.692. The van der Waals surface area contributed by atoms with Gasteiger partial charge in [0.1, 0.15) is 5.78 Å². The van der Waals surface area contributed by atoms with Crippen molar-refractivity contribution in [3.8, 4) is 0 Å². The smallest absolute Gasteiger partial charge is 0.143 e. The number of rotatable bonds is 3. The predicted molar refractivity (Wildman–Crippen MR) is 64.6 cm³/mol. The Morgan fingerprint density at radius 3 is 2.59 bits per heavy atom. The van der Waals surface area contributed by atoms with Crippen LogP contribution in [0.1, 0.15) is 26.3 Å². The van der Waals surface area contributed by atoms with Crippen LogP contribution in [0.2, 0.25) is 0 Å². The molecule has 0 bridgehead atoms. The van der Waals surface area contributed by atoms with Crippen LogP contribution in [0.15, 0.2) is 12.4 Å². The number of carbonyl (C=O) groups is 1. The van der Waals surface area contributed by atoms with Crippen molar-refractivity contribution in [3.05, 3.63) is 18.0 Å². The maximum Gasteiger partial charge on any atom is 0.143 e. The van der Waals surface area contributed by atoms with Crippen molar-refractivity contribution in [2.24, 2.45) is 18.9 Å². The molecule has 1 saturated heterocycles. The molecule has 17 heavy (non-hydrogen) atoms. The van der Waals surface area contributed by atoms with Crippen molar-refractivity contribution in [2.75, 3.05) is 0 Å². The molecule has 2 rings (SSSR count). The van der Waals surface area contributed by atoms with Crippen molar-refractivity contribution < 1.29 is 9.53 Å². The van der Waals surface area contributed by atoms with Gasteiger partial charge in [0.15, 0.2) is 0 Å². The second kappa shape index (κ2) is 4.61. The molecule has 0 N–H and O–H groups in total. The Labute approximate surface area is 102 Å². The zero-order valence-corrected chi connectivity index (χ0v) is 10.9. The highest BCUT2D eigenvalue weighted by molar-refractivity contribution is 5.84. The lowest BCUT2D eigenvalue weighted by Gasteiger charge is -2.16. The summed E-state index contributed by atoms with van der Waals surface area (Å²) < 4.78 is 7.43. The largest absolute Gasteiger partial charge is 0.375 e. The normalized spacial score (nSPS) is 32.9. The Morgan fingerprint density at radius 2 is 2.12 bits per heavy atom. The number of aromatic nitrogens is 2. The summed E-state index contributed by atoms with van der Waals surface area (Å²) in [6, 6.07) is 0. The molecule has 0 saturated carbocycles. The maximum atomic E-state index is 12.3. The van der Waals surface area contributed by atoms with E-state index in [1.807, 2.05) is 27.1 Å². The Kier molecular flexibility index (Phi) is 3.33. The summed E-state index contributed by atoms with van der Waals surface area (Å²) in [5.74, 6) is 0.585. The lowest BCUT2D eigenvalue weighted by molar-refractivity contribution is -0.124. The van der Waals surface area contributed by atoms with Crippen LogP contribution in [0.5, 0.6) is 0 Å². The van der Waals surface area contributed by atoms with Crippen molar-refractivity contribution in [2.45, 2.75) is 39.4 Å². The van der Waals surface area contributed by atoms with E-state index in [0.717, 1.165) is 5.56 Å². The van der Waals surface area contributed by atoms with Gasteiger partial charge in [-0.05, 0) is 25.3 Å². The minimum Gasteiger partial charge on any atom is -0.375 e. The highest BCUT2D eigenvalue weighted by Crippen LogP contribution is 2.33. The monoisotopic (exact) mass is 236 g/mol. The Morgan fingerprint density at radius 1 is 1.41 bits per heavy atom. The number of ketones is 1. The number of nitrogens with zero attached hydrogens (tertiary/aromatic N) is 2. The van der Waals surface area contributed by atoms with E-state index in [1.54, 1.807) is 10.9 Å². The first-order valence-electron chi connectivity index (χ1n) is 6.14. The number of Topliss-reactive ketones (excluding diaryl/α,β-unsaturated/α-hetero) is 1. The Bertz CT molecular complexity index is 413. The van der Waals surface area contributed by atoms with Gasteiger partial charge in [-0.1, -0.05) is 6.92 Å². The molecule has 94 valence electrons. The van der Waals surface area contributed by atoms with E-state index in [1.165, 1.54) is 0 Å². The molecule has 0 spiro atoms. The van der Waals surface area contributed by atoms with Crippen LogP contribution >= 0.6 is 0 Å². The van der Waals surface area contributed by atoms with Crippen molar-refractivity contribution in [1.82, 2.24) is 9.78 Å². The van der Waals surface area contributed by atoms with E-state index in [0.29, 0.717) is 12.3 Å². The van der Waals surface area contributed by atoms with Gasteiger partial charge < -0.3 is 4.74 Å². The Balaban J connectivity index is 2.05. The first-order chi connectivity index (χ1) is 7.99. The maximum absolute atomic E-state index is 12.3. The topological polar surface area (TPSA) is 44.1 Å². The summed E-state index contributed by atoms with van der Waals surface area (Å²) in [4.78, 5) is 12.3. The van der Waals surface area contributed by atoms with E-state index in [4.69, 9.17) is 4.74 Å². The molecule has 1 aliphatic heterocycles. The lowest BCUT2D eigenvalue weighted by atomic mass is 9.84. The summed E-state index contributed by atoms with van der Waals surface area (Å²) in [6.45, 7) is 6.13. The summed E-state index contributed by atoms with van der Waals surface area (Å²) >= 11 is 0. The molecule has 2 heterocycles. The number of hydrogen-bond donors (Lipinski definition) is 0. The first-order valence-corrected chi connectivity index (χ1v) is 6.14. The molecule has 0 amide bonds. The number of aryl methyl sites for hydroxylation is 1. The third-order valence-electron chi connectivity index (χ3n) is 3.75. The second-order valence-electron chi connectivity index (χ2n) is 5.10. The van der Waals surface area contributed by atoms with E-state index >= 15 is 0 Å². The summed E-state index contributed by atoms with van der Waals surface area (Å²) in [5.41, 5.74) is 0.983. The molecule has 4 heteroatoms. The van der Waals surface area contributed by atoms with Gasteiger partial charge in [0.2, 0.25) is 0 Å². The highest BCUT2D eigenvalue weighted by Gasteiger charge is 2.40. The van der Waals surface area contributed by atoms with Crippen LogP contribution in [-0.2, 0) is 23.0 Å². The molecule has 4 nitrogen and oxygen atoms in total. The van der Waals surface area contributed by atoms with Gasteiger partial charge in [0.05, 0.1) is 18.4 Å². The molecule has 1 aliphatic rings. The molecule has 4 unspecified atom stereocenters. The van der Waals surface area contributed by atoms with Crippen molar-refractivity contribution >= 4 is 5.78 Å². The second-order valence-corrected chi connectivity index (χ2v) is 5.10. The minimum absolute atomic E-state index is 0.0187. The average Bonchev–Trinajstić information content (AvgIpc) is 2.73. The van der Waals surface area contributed by atoms with Crippen molar-refractivity contribution in [3.63, 3.8) is 0 Å². The number of carbonyl (C=O) groups excluding carboxylic acids is 1. The van der Waals surface area contributed by atoms with Gasteiger partial charge >= 0.3 is 0 Å². The van der Waals surface area contributed by atoms with Crippen LogP contribution in [0, 0.1) is 11.8 Å². The quantitative estimate of drug-likeness (QED) is 0.800. The van der Waals surface area contributed by atoms with Gasteiger partial charge in [0.25, 0.3) is 0 Å². The van der Waals surface area contributed by atoms with Gasteiger partial charge in [-0.15, -0.1) is 0 Å². The molecular formula is C13H20N2O2. The molecule has 0 radical (unpaired) electrons. The number of ether oxygens (including phenoxy) is 1. The van der Waals surface area contributed by atoms with E-state index in [-0.39, 0.29) is 23.9 Å². The molecule has 0 aliphatic carbocycles. The minimum atomic E-state index is 0.0187. The Hall–Kier alpha value is -1.16. The number of hydrogen-bond acceptors (Lipinski definition) is 3. The van der Waals surface area contributed by atoms with Gasteiger partial charge in [-0.3, -0.25) is 9.48 Å². The highest BCUT2D eigenvalue weighted by atomic mass is 16.5. The molecule has 4 atom stereocenters. The van der Waals surface area contributed by atoms with Crippen LogP contribution < -0.4 is 0 Å². The van der Waals surface area contributed by atoms with Gasteiger partial charge in [0, 0.05) is 25.6 Å². The standard InChI is InChI=1S/C13H20N2O2/c1-8-9(2)17-10(3)13(8)12(16)5-11-6-14-15(4)7-11/h6-10,13H,5H2,1-4H3. The molecular weight excluding hydrogens is 216 g/mol.